The van der Waals surface area contributed by atoms with Crippen LogP contribution >= 0.6 is 34.3 Å². The maximum atomic E-state index is 12.1. The Labute approximate surface area is 133 Å². The van der Waals surface area contributed by atoms with Crippen LogP contribution in [0, 0.1) is 10.1 Å². The summed E-state index contributed by atoms with van der Waals surface area (Å²) in [6.07, 6.45) is 2.53. The first-order valence-corrected chi connectivity index (χ1v) is 9.20. The fourth-order valence-electron chi connectivity index (χ4n) is 1.42. The van der Waals surface area contributed by atoms with Crippen LogP contribution in [0.15, 0.2) is 16.5 Å². The molecule has 0 saturated carbocycles. The van der Waals surface area contributed by atoms with E-state index in [-0.39, 0.29) is 15.1 Å². The molecule has 2 rings (SSSR count). The summed E-state index contributed by atoms with van der Waals surface area (Å²) in [4.78, 5) is 15.1. The molecular formula is C10H10ClN3O4S3. The van der Waals surface area contributed by atoms with Crippen LogP contribution in [0.5, 0.6) is 0 Å². The van der Waals surface area contributed by atoms with E-state index in [0.29, 0.717) is 16.3 Å². The van der Waals surface area contributed by atoms with Crippen molar-refractivity contribution in [2.45, 2.75) is 24.1 Å². The molecule has 7 nitrogen and oxygen atoms in total. The number of hydrogen-bond donors (Lipinski definition) is 1. The van der Waals surface area contributed by atoms with Crippen molar-refractivity contribution in [3.8, 4) is 0 Å². The van der Waals surface area contributed by atoms with Crippen molar-refractivity contribution in [2.24, 2.45) is 0 Å². The third-order valence-electron chi connectivity index (χ3n) is 2.47. The molecule has 2 aromatic heterocycles. The average Bonchev–Trinajstić information content (AvgIpc) is 3.02. The van der Waals surface area contributed by atoms with Crippen molar-refractivity contribution in [3.05, 3.63) is 36.6 Å². The molecule has 0 amide bonds. The molecular weight excluding hydrogens is 358 g/mol. The van der Waals surface area contributed by atoms with Gasteiger partial charge in [-0.15, -0.1) is 22.7 Å². The highest BCUT2D eigenvalue weighted by Gasteiger charge is 2.25. The molecule has 11 heteroatoms. The van der Waals surface area contributed by atoms with E-state index in [9.17, 15) is 18.5 Å². The topological polar surface area (TPSA) is 102 Å². The van der Waals surface area contributed by atoms with Crippen molar-refractivity contribution in [1.82, 2.24) is 9.71 Å². The molecule has 0 unspecified atom stereocenters. The number of thiophene rings is 1. The number of sulfonamides is 1. The second kappa shape index (κ2) is 6.36. The van der Waals surface area contributed by atoms with E-state index in [1.54, 1.807) is 6.20 Å². The Balaban J connectivity index is 2.14. The fraction of sp³-hybridized carbons (Fsp3) is 0.300. The highest BCUT2D eigenvalue weighted by Crippen LogP contribution is 2.36. The van der Waals surface area contributed by atoms with Gasteiger partial charge in [-0.05, 0) is 6.42 Å². The smallest absolute Gasteiger partial charge is 0.258 e. The van der Waals surface area contributed by atoms with E-state index in [1.165, 1.54) is 11.3 Å². The zero-order valence-corrected chi connectivity index (χ0v) is 13.9. The molecule has 114 valence electrons. The lowest BCUT2D eigenvalue weighted by Crippen LogP contribution is -2.22. The fourth-order valence-corrected chi connectivity index (χ4v) is 5.01. The quantitative estimate of drug-likeness (QED) is 0.624. The van der Waals surface area contributed by atoms with Gasteiger partial charge in [0.25, 0.3) is 15.7 Å². The molecule has 2 heterocycles. The van der Waals surface area contributed by atoms with Crippen LogP contribution in [0.1, 0.15) is 16.8 Å². The molecule has 0 aliphatic heterocycles. The summed E-state index contributed by atoms with van der Waals surface area (Å²) >= 11 is 7.72. The lowest BCUT2D eigenvalue weighted by atomic mass is 10.4. The lowest BCUT2D eigenvalue weighted by Gasteiger charge is -2.01. The molecule has 0 aromatic carbocycles. The van der Waals surface area contributed by atoms with Crippen molar-refractivity contribution < 1.29 is 13.3 Å². The summed E-state index contributed by atoms with van der Waals surface area (Å²) in [5.41, 5.74) is -0.412. The zero-order chi connectivity index (χ0) is 15.6. The molecule has 0 bridgehead atoms. The highest BCUT2D eigenvalue weighted by atomic mass is 35.5. The van der Waals surface area contributed by atoms with Gasteiger partial charge in [-0.2, -0.15) is 0 Å². The lowest BCUT2D eigenvalue weighted by molar-refractivity contribution is -0.384. The number of aryl methyl sites for hydroxylation is 1. The predicted octanol–water partition coefficient (Wildman–Crippen LogP) is 2.81. The van der Waals surface area contributed by atoms with Crippen molar-refractivity contribution >= 4 is 50.0 Å². The Morgan fingerprint density at radius 3 is 2.71 bits per heavy atom. The monoisotopic (exact) mass is 367 g/mol. The third-order valence-corrected chi connectivity index (χ3v) is 6.83. The van der Waals surface area contributed by atoms with Crippen molar-refractivity contribution in [3.63, 3.8) is 0 Å². The van der Waals surface area contributed by atoms with Gasteiger partial charge in [0.1, 0.15) is 9.22 Å². The standard InChI is InChI=1S/C10H10ClN3O4S3/c1-2-6-4-12-8(19-6)5-13-21(17,18)9-3-7(14(15)16)10(11)20-9/h3-4,13H,2,5H2,1H3. The molecule has 0 atom stereocenters. The van der Waals surface area contributed by atoms with Crippen LogP contribution in [-0.2, 0) is 23.0 Å². The number of hydrogen-bond acceptors (Lipinski definition) is 7. The molecule has 0 aliphatic rings. The summed E-state index contributed by atoms with van der Waals surface area (Å²) < 4.78 is 26.1. The van der Waals surface area contributed by atoms with Crippen LogP contribution in [0.2, 0.25) is 4.34 Å². The second-order valence-corrected chi connectivity index (χ2v) is 8.73. The van der Waals surface area contributed by atoms with Gasteiger partial charge in [0.15, 0.2) is 4.34 Å². The minimum absolute atomic E-state index is 0.0380. The van der Waals surface area contributed by atoms with Gasteiger partial charge in [0.2, 0.25) is 0 Å². The normalized spacial score (nSPS) is 11.7. The van der Waals surface area contributed by atoms with E-state index in [4.69, 9.17) is 11.6 Å². The minimum Gasteiger partial charge on any atom is -0.258 e. The maximum absolute atomic E-state index is 12.1. The van der Waals surface area contributed by atoms with Gasteiger partial charge < -0.3 is 0 Å². The molecule has 2 aromatic rings. The summed E-state index contributed by atoms with van der Waals surface area (Å²) in [6.45, 7) is 2.02. The molecule has 0 radical (unpaired) electrons. The number of rotatable bonds is 6. The summed E-state index contributed by atoms with van der Waals surface area (Å²) in [6, 6.07) is 0.953. The Morgan fingerprint density at radius 1 is 1.48 bits per heavy atom. The number of nitrogens with zero attached hydrogens (tertiary/aromatic N) is 2. The Kier molecular flexibility index (Phi) is 4.94. The summed E-state index contributed by atoms with van der Waals surface area (Å²) in [7, 11) is -3.84. The van der Waals surface area contributed by atoms with Crippen molar-refractivity contribution in [1.29, 1.82) is 0 Å². The highest BCUT2D eigenvalue weighted by molar-refractivity contribution is 7.91. The van der Waals surface area contributed by atoms with E-state index < -0.39 is 20.6 Å². The average molecular weight is 368 g/mol. The maximum Gasteiger partial charge on any atom is 0.300 e. The van der Waals surface area contributed by atoms with Crippen LogP contribution in [0.4, 0.5) is 5.69 Å². The van der Waals surface area contributed by atoms with Crippen LogP contribution in [0.25, 0.3) is 0 Å². The van der Waals surface area contributed by atoms with Gasteiger partial charge in [0, 0.05) is 17.1 Å². The van der Waals surface area contributed by atoms with Gasteiger partial charge >= 0.3 is 0 Å². The molecule has 1 N–H and O–H groups in total. The number of nitro groups is 1. The second-order valence-electron chi connectivity index (χ2n) is 3.88. The molecule has 0 spiro atoms. The Hall–Kier alpha value is -1.07. The molecule has 0 aliphatic carbocycles. The molecule has 21 heavy (non-hydrogen) atoms. The molecule has 0 fully saturated rings. The number of aromatic nitrogens is 1. The number of thiazole rings is 1. The largest absolute Gasteiger partial charge is 0.300 e. The predicted molar refractivity (Wildman–Crippen MR) is 81.5 cm³/mol. The van der Waals surface area contributed by atoms with Gasteiger partial charge in [-0.3, -0.25) is 10.1 Å². The number of halogens is 1. The van der Waals surface area contributed by atoms with Crippen LogP contribution in [-0.4, -0.2) is 18.3 Å². The van der Waals surface area contributed by atoms with E-state index in [2.05, 4.69) is 9.71 Å². The van der Waals surface area contributed by atoms with E-state index in [0.717, 1.165) is 17.4 Å². The number of nitrogens with one attached hydrogen (secondary N) is 1. The van der Waals surface area contributed by atoms with Gasteiger partial charge in [-0.1, -0.05) is 18.5 Å². The van der Waals surface area contributed by atoms with Crippen molar-refractivity contribution in [2.75, 3.05) is 0 Å². The third kappa shape index (κ3) is 3.77. The SMILES string of the molecule is CCc1cnc(CNS(=O)(=O)c2cc([N+](=O)[O-])c(Cl)s2)s1. The van der Waals surface area contributed by atoms with E-state index in [1.807, 2.05) is 6.92 Å². The Bertz CT molecular complexity index is 768. The first-order chi connectivity index (χ1) is 9.83. The first-order valence-electron chi connectivity index (χ1n) is 5.70. The molecule has 0 saturated heterocycles. The van der Waals surface area contributed by atoms with Crippen LogP contribution < -0.4 is 4.72 Å². The van der Waals surface area contributed by atoms with Crippen LogP contribution in [0.3, 0.4) is 0 Å². The zero-order valence-electron chi connectivity index (χ0n) is 10.7. The minimum atomic E-state index is -3.84. The van der Waals surface area contributed by atoms with E-state index >= 15 is 0 Å². The summed E-state index contributed by atoms with van der Waals surface area (Å²) in [5, 5.41) is 11.3. The van der Waals surface area contributed by atoms with Gasteiger partial charge in [-0.25, -0.2) is 18.1 Å². The first kappa shape index (κ1) is 16.3. The Morgan fingerprint density at radius 2 is 2.19 bits per heavy atom. The van der Waals surface area contributed by atoms with Gasteiger partial charge in [0.05, 0.1) is 11.5 Å². The summed E-state index contributed by atoms with van der Waals surface area (Å²) in [5.74, 6) is 0.